The summed E-state index contributed by atoms with van der Waals surface area (Å²) in [5, 5.41) is 9.57. The molecule has 1 aromatic carbocycles. The highest BCUT2D eigenvalue weighted by Crippen LogP contribution is 2.45. The molecule has 4 heterocycles. The van der Waals surface area contributed by atoms with Gasteiger partial charge in [0.05, 0.1) is 0 Å². The van der Waals surface area contributed by atoms with Gasteiger partial charge in [-0.25, -0.2) is 4.79 Å². The van der Waals surface area contributed by atoms with Gasteiger partial charge in [-0.15, -0.1) is 0 Å². The minimum Gasteiger partial charge on any atom is -0.465 e. The van der Waals surface area contributed by atoms with E-state index in [0.717, 1.165) is 77.5 Å². The highest BCUT2D eigenvalue weighted by Gasteiger charge is 2.48. The average molecular weight is 424 g/mol. The monoisotopic (exact) mass is 423 g/mol. The molecule has 6 heteroatoms. The van der Waals surface area contributed by atoms with Crippen LogP contribution in [0.5, 0.6) is 0 Å². The Labute approximate surface area is 184 Å². The zero-order chi connectivity index (χ0) is 21.2. The number of amides is 2. The predicted octanol–water partition coefficient (Wildman–Crippen LogP) is 3.45. The van der Waals surface area contributed by atoms with Gasteiger partial charge in [0.25, 0.3) is 0 Å². The summed E-state index contributed by atoms with van der Waals surface area (Å²) in [5.74, 6) is 0.645. The van der Waals surface area contributed by atoms with Gasteiger partial charge >= 0.3 is 6.09 Å². The van der Waals surface area contributed by atoms with Crippen LogP contribution in [-0.2, 0) is 16.8 Å². The van der Waals surface area contributed by atoms with Gasteiger partial charge in [-0.05, 0) is 75.6 Å². The highest BCUT2D eigenvalue weighted by molar-refractivity contribution is 5.81. The highest BCUT2D eigenvalue weighted by atomic mass is 16.4. The van der Waals surface area contributed by atoms with Crippen LogP contribution >= 0.6 is 0 Å². The number of carboxylic acid groups (broad SMARTS) is 1. The number of carbonyl (C=O) groups is 2. The van der Waals surface area contributed by atoms with Gasteiger partial charge in [-0.1, -0.05) is 24.3 Å². The summed E-state index contributed by atoms with van der Waals surface area (Å²) < 4.78 is 0. The van der Waals surface area contributed by atoms with Gasteiger partial charge in [-0.2, -0.15) is 0 Å². The van der Waals surface area contributed by atoms with Crippen LogP contribution in [0.1, 0.15) is 62.5 Å². The molecule has 1 aliphatic carbocycles. The third-order valence-electron chi connectivity index (χ3n) is 8.88. The lowest BCUT2D eigenvalue weighted by molar-refractivity contribution is -0.135. The summed E-state index contributed by atoms with van der Waals surface area (Å²) >= 11 is 0. The van der Waals surface area contributed by atoms with Gasteiger partial charge in [0.15, 0.2) is 0 Å². The molecular formula is C25H33N3O3. The fourth-order valence-corrected chi connectivity index (χ4v) is 7.14. The number of hydrogen-bond donors (Lipinski definition) is 1. The van der Waals surface area contributed by atoms with E-state index < -0.39 is 6.09 Å². The summed E-state index contributed by atoms with van der Waals surface area (Å²) in [5.41, 5.74) is 2.88. The van der Waals surface area contributed by atoms with Crippen LogP contribution in [0.25, 0.3) is 0 Å². The predicted molar refractivity (Wildman–Crippen MR) is 117 cm³/mol. The number of fused-ring (bicyclic) bond motifs is 4. The Morgan fingerprint density at radius 1 is 0.935 bits per heavy atom. The number of carbonyl (C=O) groups excluding carboxylic acids is 1. The zero-order valence-corrected chi connectivity index (χ0v) is 18.2. The summed E-state index contributed by atoms with van der Waals surface area (Å²) in [6, 6.07) is 9.71. The Morgan fingerprint density at radius 3 is 2.26 bits per heavy atom. The second-order valence-corrected chi connectivity index (χ2v) is 10.6. The van der Waals surface area contributed by atoms with Gasteiger partial charge in [-0.3, -0.25) is 4.79 Å². The number of benzene rings is 1. The van der Waals surface area contributed by atoms with Crippen LogP contribution in [0.3, 0.4) is 0 Å². The van der Waals surface area contributed by atoms with Crippen molar-refractivity contribution in [2.75, 3.05) is 19.6 Å². The number of piperidine rings is 2. The molecular weight excluding hydrogens is 390 g/mol. The molecule has 1 saturated carbocycles. The first-order valence-corrected chi connectivity index (χ1v) is 12.2. The fourth-order valence-electron chi connectivity index (χ4n) is 7.14. The van der Waals surface area contributed by atoms with E-state index in [1.807, 2.05) is 0 Å². The first-order valence-electron chi connectivity index (χ1n) is 12.2. The third kappa shape index (κ3) is 3.25. The molecule has 1 aromatic rings. The van der Waals surface area contributed by atoms with Crippen LogP contribution < -0.4 is 0 Å². The average Bonchev–Trinajstić information content (AvgIpc) is 3.58. The third-order valence-corrected chi connectivity index (χ3v) is 8.88. The molecule has 2 unspecified atom stereocenters. The normalized spacial score (nSPS) is 32.2. The van der Waals surface area contributed by atoms with Gasteiger partial charge < -0.3 is 19.8 Å². The van der Waals surface area contributed by atoms with Gasteiger partial charge in [0.2, 0.25) is 5.91 Å². The molecule has 4 aliphatic heterocycles. The first-order chi connectivity index (χ1) is 15.0. The number of hydrogen-bond acceptors (Lipinski definition) is 3. The number of nitrogens with zero attached hydrogens (tertiary/aromatic N) is 3. The number of likely N-dealkylation sites (tertiary alicyclic amines) is 1. The molecule has 0 radical (unpaired) electrons. The van der Waals surface area contributed by atoms with E-state index in [1.165, 1.54) is 11.1 Å². The molecule has 3 saturated heterocycles. The molecule has 5 aliphatic rings. The van der Waals surface area contributed by atoms with E-state index in [0.29, 0.717) is 11.9 Å². The summed E-state index contributed by atoms with van der Waals surface area (Å²) in [6.07, 6.45) is 7.60. The first kappa shape index (κ1) is 19.6. The van der Waals surface area contributed by atoms with E-state index in [-0.39, 0.29) is 23.4 Å². The van der Waals surface area contributed by atoms with Crippen molar-refractivity contribution in [3.63, 3.8) is 0 Å². The van der Waals surface area contributed by atoms with E-state index >= 15 is 0 Å². The van der Waals surface area contributed by atoms with E-state index in [1.54, 1.807) is 4.90 Å². The largest absolute Gasteiger partial charge is 0.465 e. The molecule has 2 amide bonds. The van der Waals surface area contributed by atoms with Gasteiger partial charge in [0.1, 0.15) is 0 Å². The summed E-state index contributed by atoms with van der Waals surface area (Å²) in [4.78, 5) is 31.1. The Kier molecular flexibility index (Phi) is 4.57. The van der Waals surface area contributed by atoms with Crippen LogP contribution in [0.2, 0.25) is 0 Å². The summed E-state index contributed by atoms with van der Waals surface area (Å²) in [7, 11) is 0. The Morgan fingerprint density at radius 2 is 1.61 bits per heavy atom. The quantitative estimate of drug-likeness (QED) is 0.791. The zero-order valence-electron chi connectivity index (χ0n) is 18.2. The molecule has 4 fully saturated rings. The molecule has 6 rings (SSSR count). The van der Waals surface area contributed by atoms with Crippen LogP contribution in [0.15, 0.2) is 24.3 Å². The Bertz CT molecular complexity index is 876. The van der Waals surface area contributed by atoms with Crippen LogP contribution in [0, 0.1) is 5.92 Å². The lowest BCUT2D eigenvalue weighted by Gasteiger charge is -2.51. The van der Waals surface area contributed by atoms with Crippen molar-refractivity contribution < 1.29 is 14.7 Å². The van der Waals surface area contributed by atoms with Crippen LogP contribution in [0.4, 0.5) is 4.79 Å². The fraction of sp³-hybridized carbons (Fsp3) is 0.680. The SMILES string of the molecule is O=C(C1CC1)N1Cc2ccccc2C2(CCN(C3CC4CCC(C3)N4C(=O)O)CC2)C1. The second-order valence-electron chi connectivity index (χ2n) is 10.6. The molecule has 0 aromatic heterocycles. The lowest BCUT2D eigenvalue weighted by atomic mass is 9.68. The molecule has 2 atom stereocenters. The standard InChI is InChI=1S/C25H33N3O3/c29-23(17-5-6-17)27-15-18-3-1-2-4-22(18)25(16-27)9-11-26(12-10-25)21-13-19-7-8-20(14-21)28(19)24(30)31/h1-4,17,19-21H,5-16H2,(H,30,31). The molecule has 2 bridgehead atoms. The minimum absolute atomic E-state index is 0.0800. The van der Waals surface area contributed by atoms with Crippen molar-refractivity contribution in [3.05, 3.63) is 35.4 Å². The van der Waals surface area contributed by atoms with Crippen molar-refractivity contribution >= 4 is 12.0 Å². The maximum absolute atomic E-state index is 12.9. The van der Waals surface area contributed by atoms with Gasteiger partial charge in [0, 0.05) is 42.5 Å². The molecule has 6 nitrogen and oxygen atoms in total. The van der Waals surface area contributed by atoms with E-state index in [4.69, 9.17) is 0 Å². The van der Waals surface area contributed by atoms with Crippen LogP contribution in [-0.4, -0.2) is 69.6 Å². The van der Waals surface area contributed by atoms with E-state index in [9.17, 15) is 14.7 Å². The van der Waals surface area contributed by atoms with Crippen molar-refractivity contribution in [1.29, 1.82) is 0 Å². The Hall–Kier alpha value is -2.08. The molecule has 1 spiro atoms. The maximum atomic E-state index is 12.9. The maximum Gasteiger partial charge on any atom is 0.407 e. The topological polar surface area (TPSA) is 64.1 Å². The second kappa shape index (κ2) is 7.22. The Balaban J connectivity index is 1.19. The molecule has 31 heavy (non-hydrogen) atoms. The lowest BCUT2D eigenvalue weighted by Crippen LogP contribution is -2.57. The van der Waals surface area contributed by atoms with Crippen molar-refractivity contribution in [3.8, 4) is 0 Å². The number of rotatable bonds is 2. The van der Waals surface area contributed by atoms with Crippen molar-refractivity contribution in [2.24, 2.45) is 5.92 Å². The van der Waals surface area contributed by atoms with Crippen molar-refractivity contribution in [1.82, 2.24) is 14.7 Å². The molecule has 1 N–H and O–H groups in total. The summed E-state index contributed by atoms with van der Waals surface area (Å²) in [6.45, 7) is 3.75. The molecule has 166 valence electrons. The smallest absolute Gasteiger partial charge is 0.407 e. The van der Waals surface area contributed by atoms with E-state index in [2.05, 4.69) is 34.1 Å². The minimum atomic E-state index is -0.734. The van der Waals surface area contributed by atoms with Crippen molar-refractivity contribution in [2.45, 2.75) is 81.5 Å².